The average Bonchev–Trinajstić information content (AvgIpc) is 3.06. The molecule has 1 aliphatic rings. The number of H-pyrrole nitrogens is 1. The molecule has 1 aromatic carbocycles. The van der Waals surface area contributed by atoms with E-state index in [0.29, 0.717) is 0 Å². The number of alkyl halides is 1. The summed E-state index contributed by atoms with van der Waals surface area (Å²) in [4.78, 5) is 36.9. The van der Waals surface area contributed by atoms with Crippen LogP contribution in [0.15, 0.2) is 52.2 Å². The van der Waals surface area contributed by atoms with Gasteiger partial charge in [-0.15, -0.1) is 0 Å². The van der Waals surface area contributed by atoms with Crippen molar-refractivity contribution >= 4 is 13.7 Å². The summed E-state index contributed by atoms with van der Waals surface area (Å²) in [5.41, 5.74) is -1.62. The van der Waals surface area contributed by atoms with E-state index in [9.17, 15) is 28.4 Å². The molecule has 1 saturated heterocycles. The molecule has 0 saturated carbocycles. The van der Waals surface area contributed by atoms with E-state index in [1.807, 2.05) is 4.98 Å². The molecule has 14 heteroatoms. The van der Waals surface area contributed by atoms with E-state index in [-0.39, 0.29) is 5.75 Å². The lowest BCUT2D eigenvalue weighted by molar-refractivity contribution is -0.142. The fourth-order valence-corrected chi connectivity index (χ4v) is 4.54. The largest absolute Gasteiger partial charge is 0.468 e. The van der Waals surface area contributed by atoms with E-state index in [4.69, 9.17) is 13.8 Å². The quantitative estimate of drug-likeness (QED) is 0.336. The molecule has 3 rings (SSSR count). The van der Waals surface area contributed by atoms with Crippen LogP contribution < -0.4 is 20.9 Å². The zero-order valence-corrected chi connectivity index (χ0v) is 18.5. The molecule has 6 atom stereocenters. The summed E-state index contributed by atoms with van der Waals surface area (Å²) >= 11 is 0. The third-order valence-electron chi connectivity index (χ3n) is 4.70. The average molecular weight is 487 g/mol. The molecule has 0 aliphatic carbocycles. The van der Waals surface area contributed by atoms with Crippen molar-refractivity contribution in [1.29, 1.82) is 0 Å². The molecule has 3 N–H and O–H groups in total. The Labute approximate surface area is 186 Å². The smallest absolute Gasteiger partial charge is 0.459 e. The maximum absolute atomic E-state index is 14.7. The van der Waals surface area contributed by atoms with E-state index >= 15 is 0 Å². The minimum atomic E-state index is -4.25. The molecule has 0 spiro atoms. The third-order valence-corrected chi connectivity index (χ3v) is 6.35. The number of methoxy groups -OCH3 is 1. The number of hydrogen-bond donors (Lipinski definition) is 3. The maximum Gasteiger partial charge on any atom is 0.459 e. The summed E-state index contributed by atoms with van der Waals surface area (Å²) in [6.07, 6.45) is -5.70. The second-order valence-corrected chi connectivity index (χ2v) is 8.78. The van der Waals surface area contributed by atoms with E-state index in [1.165, 1.54) is 19.1 Å². The number of rotatable bonds is 9. The van der Waals surface area contributed by atoms with Crippen LogP contribution in [0.5, 0.6) is 5.75 Å². The van der Waals surface area contributed by atoms with Crippen molar-refractivity contribution < 1.29 is 37.4 Å². The molecule has 0 amide bonds. The van der Waals surface area contributed by atoms with Crippen molar-refractivity contribution in [2.45, 2.75) is 37.6 Å². The number of benzene rings is 1. The SMILES string of the molecule is COC(=O)C(C)NP(=O)(OCC1OC(n2ccc(=O)[nH]c2=O)C(F)C1O)Oc1ccccc1. The summed E-state index contributed by atoms with van der Waals surface area (Å²) in [5.74, 6) is -0.590. The number of aliphatic hydroxyl groups excluding tert-OH is 1. The van der Waals surface area contributed by atoms with Crippen LogP contribution in [0.3, 0.4) is 0 Å². The zero-order valence-electron chi connectivity index (χ0n) is 17.6. The molecule has 1 aliphatic heterocycles. The molecular formula is C19H23FN3O9P. The van der Waals surface area contributed by atoms with Crippen molar-refractivity contribution in [3.05, 3.63) is 63.4 Å². The molecule has 1 aromatic heterocycles. The van der Waals surface area contributed by atoms with Crippen molar-refractivity contribution in [1.82, 2.24) is 14.6 Å². The van der Waals surface area contributed by atoms with Crippen LogP contribution in [0.1, 0.15) is 13.2 Å². The van der Waals surface area contributed by atoms with Crippen LogP contribution in [0.4, 0.5) is 4.39 Å². The first-order valence-corrected chi connectivity index (χ1v) is 11.3. The third kappa shape index (κ3) is 5.95. The predicted octanol–water partition coefficient (Wildman–Crippen LogP) is 0.488. The number of carbonyl (C=O) groups excluding carboxylic acids is 1. The summed E-state index contributed by atoms with van der Waals surface area (Å²) in [5, 5.41) is 12.6. The Bertz CT molecular complexity index is 1130. The second-order valence-electron chi connectivity index (χ2n) is 7.09. The van der Waals surface area contributed by atoms with E-state index in [0.717, 1.165) is 23.9 Å². The Morgan fingerprint density at radius 1 is 1.33 bits per heavy atom. The molecule has 0 bridgehead atoms. The Morgan fingerprint density at radius 2 is 2.03 bits per heavy atom. The van der Waals surface area contributed by atoms with Gasteiger partial charge in [0.1, 0.15) is 24.0 Å². The molecule has 1 fully saturated rings. The van der Waals surface area contributed by atoms with Crippen LogP contribution in [-0.4, -0.2) is 58.8 Å². The summed E-state index contributed by atoms with van der Waals surface area (Å²) in [7, 11) is -3.11. The van der Waals surface area contributed by atoms with Gasteiger partial charge in [0.2, 0.25) is 0 Å². The zero-order chi connectivity index (χ0) is 24.2. The number of halogens is 1. The van der Waals surface area contributed by atoms with Gasteiger partial charge in [0.25, 0.3) is 5.56 Å². The number of ether oxygens (including phenoxy) is 2. The number of aromatic amines is 1. The molecule has 12 nitrogen and oxygen atoms in total. The molecule has 2 heterocycles. The Kier molecular flexibility index (Phi) is 7.82. The monoisotopic (exact) mass is 487 g/mol. The van der Waals surface area contributed by atoms with E-state index < -0.39 is 62.2 Å². The first-order valence-electron chi connectivity index (χ1n) is 9.77. The number of aliphatic hydroxyl groups is 1. The van der Waals surface area contributed by atoms with Gasteiger partial charge in [0, 0.05) is 12.3 Å². The Hall–Kier alpha value is -2.83. The summed E-state index contributed by atoms with van der Waals surface area (Å²) < 4.78 is 49.5. The van der Waals surface area contributed by atoms with Gasteiger partial charge < -0.3 is 19.1 Å². The van der Waals surface area contributed by atoms with E-state index in [2.05, 4.69) is 9.82 Å². The number of carbonyl (C=O) groups is 1. The van der Waals surface area contributed by atoms with Crippen LogP contribution in [0, 0.1) is 0 Å². The fourth-order valence-electron chi connectivity index (χ4n) is 3.04. The highest BCUT2D eigenvalue weighted by atomic mass is 31.2. The lowest BCUT2D eigenvalue weighted by Crippen LogP contribution is -2.36. The van der Waals surface area contributed by atoms with Crippen LogP contribution in [0.25, 0.3) is 0 Å². The Balaban J connectivity index is 1.76. The highest BCUT2D eigenvalue weighted by molar-refractivity contribution is 7.52. The number of esters is 1. The van der Waals surface area contributed by atoms with Crippen LogP contribution >= 0.6 is 7.75 Å². The summed E-state index contributed by atoms with van der Waals surface area (Å²) in [6.45, 7) is 0.745. The molecule has 180 valence electrons. The topological polar surface area (TPSA) is 158 Å². The molecule has 6 unspecified atom stereocenters. The van der Waals surface area contributed by atoms with Crippen LogP contribution in [-0.2, 0) is 23.4 Å². The second kappa shape index (κ2) is 10.4. The predicted molar refractivity (Wildman–Crippen MR) is 111 cm³/mol. The number of hydrogen-bond acceptors (Lipinski definition) is 9. The lowest BCUT2D eigenvalue weighted by atomic mass is 10.1. The molecular weight excluding hydrogens is 464 g/mol. The van der Waals surface area contributed by atoms with Crippen molar-refractivity contribution in [3.8, 4) is 5.75 Å². The van der Waals surface area contributed by atoms with Gasteiger partial charge in [-0.25, -0.2) is 13.8 Å². The van der Waals surface area contributed by atoms with E-state index in [1.54, 1.807) is 18.2 Å². The Morgan fingerprint density at radius 3 is 2.67 bits per heavy atom. The van der Waals surface area contributed by atoms with Gasteiger partial charge in [-0.3, -0.25) is 23.7 Å². The van der Waals surface area contributed by atoms with Gasteiger partial charge in [-0.05, 0) is 19.1 Å². The minimum Gasteiger partial charge on any atom is -0.468 e. The summed E-state index contributed by atoms with van der Waals surface area (Å²) in [6, 6.07) is 7.83. The number of para-hydroxylation sites is 1. The number of nitrogens with zero attached hydrogens (tertiary/aromatic N) is 1. The van der Waals surface area contributed by atoms with Gasteiger partial charge >= 0.3 is 19.4 Å². The molecule has 33 heavy (non-hydrogen) atoms. The number of aromatic nitrogens is 2. The normalized spacial score (nSPS) is 25.2. The molecule has 2 aromatic rings. The van der Waals surface area contributed by atoms with Gasteiger partial charge in [0.05, 0.1) is 13.7 Å². The molecule has 0 radical (unpaired) electrons. The van der Waals surface area contributed by atoms with Crippen molar-refractivity contribution in [2.24, 2.45) is 0 Å². The lowest BCUT2D eigenvalue weighted by Gasteiger charge is -2.24. The standard InChI is InChI=1S/C19H23FN3O9P/c1-11(18(26)29-2)22-33(28,32-12-6-4-3-5-7-12)30-10-13-16(25)15(20)17(31-13)23-9-8-14(24)21-19(23)27/h3-9,11,13,15-17,25H,10H2,1-2H3,(H,22,28)(H,21,24,27). The van der Waals surface area contributed by atoms with Gasteiger partial charge in [-0.2, -0.15) is 5.09 Å². The van der Waals surface area contributed by atoms with Gasteiger partial charge in [-0.1, -0.05) is 18.2 Å². The maximum atomic E-state index is 14.7. The van der Waals surface area contributed by atoms with Gasteiger partial charge in [0.15, 0.2) is 12.4 Å². The van der Waals surface area contributed by atoms with Crippen molar-refractivity contribution in [3.63, 3.8) is 0 Å². The highest BCUT2D eigenvalue weighted by Gasteiger charge is 2.47. The first kappa shape index (κ1) is 24.8. The minimum absolute atomic E-state index is 0.152. The van der Waals surface area contributed by atoms with Crippen molar-refractivity contribution in [2.75, 3.05) is 13.7 Å². The number of nitrogens with one attached hydrogen (secondary N) is 2. The first-order chi connectivity index (χ1) is 15.6. The van der Waals surface area contributed by atoms with Crippen LogP contribution in [0.2, 0.25) is 0 Å². The highest BCUT2D eigenvalue weighted by Crippen LogP contribution is 2.46. The fraction of sp³-hybridized carbons (Fsp3) is 0.421.